The second kappa shape index (κ2) is 6.26. The molecular formula is C14H8Cl2N4O2S3. The molecule has 1 N–H and O–H groups in total. The fourth-order valence-corrected chi connectivity index (χ4v) is 5.33. The summed E-state index contributed by atoms with van der Waals surface area (Å²) in [5.41, 5.74) is 1.37. The summed E-state index contributed by atoms with van der Waals surface area (Å²) >= 11 is 14.7. The summed E-state index contributed by atoms with van der Waals surface area (Å²) in [5, 5.41) is 8.82. The molecule has 0 aliphatic rings. The zero-order valence-corrected chi connectivity index (χ0v) is 16.1. The lowest BCUT2D eigenvalue weighted by Gasteiger charge is -2.03. The van der Waals surface area contributed by atoms with Crippen molar-refractivity contribution in [1.82, 2.24) is 14.6 Å². The van der Waals surface area contributed by atoms with E-state index in [0.717, 1.165) is 11.3 Å². The molecule has 4 aromatic rings. The summed E-state index contributed by atoms with van der Waals surface area (Å²) in [7, 11) is -3.70. The average molecular weight is 431 g/mol. The zero-order chi connectivity index (χ0) is 17.6. The van der Waals surface area contributed by atoms with E-state index in [2.05, 4.69) is 14.8 Å². The predicted molar refractivity (Wildman–Crippen MR) is 101 cm³/mol. The van der Waals surface area contributed by atoms with Crippen molar-refractivity contribution in [2.75, 3.05) is 4.72 Å². The molecule has 0 saturated heterocycles. The van der Waals surface area contributed by atoms with Gasteiger partial charge in [0.25, 0.3) is 16.0 Å². The SMILES string of the molecule is O=S(=O)(Nc1nc2scc(-c3cc(Cl)ccc3Cl)n2n1)c1cccs1. The summed E-state index contributed by atoms with van der Waals surface area (Å²) in [6.07, 6.45) is 0. The number of halogens is 2. The van der Waals surface area contributed by atoms with E-state index in [1.54, 1.807) is 29.6 Å². The first-order valence-electron chi connectivity index (χ1n) is 6.80. The Bertz CT molecular complexity index is 1170. The lowest BCUT2D eigenvalue weighted by atomic mass is 10.2. The molecule has 25 heavy (non-hydrogen) atoms. The number of benzene rings is 1. The molecule has 128 valence electrons. The van der Waals surface area contributed by atoms with E-state index in [-0.39, 0.29) is 10.2 Å². The van der Waals surface area contributed by atoms with Gasteiger partial charge in [-0.25, -0.2) is 17.7 Å². The van der Waals surface area contributed by atoms with Crippen molar-refractivity contribution in [3.05, 3.63) is 51.1 Å². The largest absolute Gasteiger partial charge is 0.273 e. The maximum absolute atomic E-state index is 12.3. The number of fused-ring (bicyclic) bond motifs is 1. The van der Waals surface area contributed by atoms with Gasteiger partial charge < -0.3 is 0 Å². The van der Waals surface area contributed by atoms with E-state index in [1.165, 1.54) is 21.9 Å². The Morgan fingerprint density at radius 2 is 2.00 bits per heavy atom. The molecule has 6 nitrogen and oxygen atoms in total. The normalized spacial score (nSPS) is 11.9. The van der Waals surface area contributed by atoms with Gasteiger partial charge in [0.05, 0.1) is 10.7 Å². The minimum atomic E-state index is -3.70. The molecule has 0 radical (unpaired) electrons. The number of hydrogen-bond donors (Lipinski definition) is 1. The van der Waals surface area contributed by atoms with Crippen molar-refractivity contribution in [1.29, 1.82) is 0 Å². The van der Waals surface area contributed by atoms with Gasteiger partial charge in [-0.3, -0.25) is 0 Å². The molecular weight excluding hydrogens is 423 g/mol. The summed E-state index contributed by atoms with van der Waals surface area (Å²) < 4.78 is 28.7. The van der Waals surface area contributed by atoms with Gasteiger partial charge in [0.15, 0.2) is 0 Å². The lowest BCUT2D eigenvalue weighted by molar-refractivity contribution is 0.602. The Kier molecular flexibility index (Phi) is 4.20. The third-order valence-electron chi connectivity index (χ3n) is 3.27. The number of thiophene rings is 1. The molecule has 0 spiro atoms. The van der Waals surface area contributed by atoms with Crippen LogP contribution < -0.4 is 4.72 Å². The molecule has 3 heterocycles. The van der Waals surface area contributed by atoms with Gasteiger partial charge in [-0.05, 0) is 29.6 Å². The Balaban J connectivity index is 1.75. The number of aromatic nitrogens is 3. The summed E-state index contributed by atoms with van der Waals surface area (Å²) in [5.74, 6) is -0.000324. The quantitative estimate of drug-likeness (QED) is 0.511. The van der Waals surface area contributed by atoms with Crippen LogP contribution in [0.3, 0.4) is 0 Å². The highest BCUT2D eigenvalue weighted by Gasteiger charge is 2.20. The van der Waals surface area contributed by atoms with Gasteiger partial charge in [-0.15, -0.1) is 27.8 Å². The Morgan fingerprint density at radius 1 is 1.16 bits per heavy atom. The maximum Gasteiger partial charge on any atom is 0.273 e. The van der Waals surface area contributed by atoms with Crippen molar-refractivity contribution in [2.45, 2.75) is 4.21 Å². The van der Waals surface area contributed by atoms with Crippen LogP contribution in [-0.4, -0.2) is 23.0 Å². The maximum atomic E-state index is 12.3. The van der Waals surface area contributed by atoms with Gasteiger partial charge in [-0.2, -0.15) is 4.98 Å². The smallest absolute Gasteiger partial charge is 0.245 e. The minimum Gasteiger partial charge on any atom is -0.245 e. The van der Waals surface area contributed by atoms with E-state index in [0.29, 0.717) is 26.3 Å². The first-order chi connectivity index (χ1) is 11.9. The van der Waals surface area contributed by atoms with Crippen molar-refractivity contribution in [3.63, 3.8) is 0 Å². The number of rotatable bonds is 4. The number of hydrogen-bond acceptors (Lipinski definition) is 6. The molecule has 0 atom stereocenters. The summed E-state index contributed by atoms with van der Waals surface area (Å²) in [4.78, 5) is 4.75. The lowest BCUT2D eigenvalue weighted by Crippen LogP contribution is -2.12. The average Bonchev–Trinajstić information content (AvgIpc) is 3.26. The van der Waals surface area contributed by atoms with Crippen molar-refractivity contribution < 1.29 is 8.42 Å². The third-order valence-corrected chi connectivity index (χ3v) is 7.38. The summed E-state index contributed by atoms with van der Waals surface area (Å²) in [6.45, 7) is 0. The second-order valence-electron chi connectivity index (χ2n) is 4.91. The molecule has 0 saturated carbocycles. The van der Waals surface area contributed by atoms with Crippen LogP contribution in [0.5, 0.6) is 0 Å². The Labute approximate surface area is 160 Å². The van der Waals surface area contributed by atoms with Gasteiger partial charge in [0.1, 0.15) is 4.21 Å². The molecule has 0 aliphatic heterocycles. The fourth-order valence-electron chi connectivity index (χ4n) is 2.19. The van der Waals surface area contributed by atoms with Crippen LogP contribution in [0.2, 0.25) is 10.0 Å². The molecule has 1 aromatic carbocycles. The molecule has 0 amide bonds. The standard InChI is InChI=1S/C14H8Cl2N4O2S3/c15-8-3-4-10(16)9(6-8)11-7-24-14-17-13(18-20(11)14)19-25(21,22)12-2-1-5-23-12/h1-7H,(H,18,19). The zero-order valence-electron chi connectivity index (χ0n) is 12.2. The molecule has 0 fully saturated rings. The highest BCUT2D eigenvalue weighted by Crippen LogP contribution is 2.33. The van der Waals surface area contributed by atoms with Gasteiger partial charge >= 0.3 is 0 Å². The van der Waals surface area contributed by atoms with E-state index in [1.807, 2.05) is 5.38 Å². The second-order valence-corrected chi connectivity index (χ2v) is 9.45. The first kappa shape index (κ1) is 16.8. The van der Waals surface area contributed by atoms with Gasteiger partial charge in [-0.1, -0.05) is 29.3 Å². The van der Waals surface area contributed by atoms with Crippen molar-refractivity contribution >= 4 is 66.8 Å². The number of sulfonamides is 1. The van der Waals surface area contributed by atoms with Gasteiger partial charge in [0, 0.05) is 16.0 Å². The highest BCUT2D eigenvalue weighted by molar-refractivity contribution is 7.94. The van der Waals surface area contributed by atoms with Crippen LogP contribution >= 0.6 is 45.9 Å². The minimum absolute atomic E-state index is 0.000324. The van der Waals surface area contributed by atoms with Crippen LogP contribution in [-0.2, 0) is 10.0 Å². The molecule has 0 bridgehead atoms. The Morgan fingerprint density at radius 3 is 2.76 bits per heavy atom. The molecule has 0 aliphatic carbocycles. The van der Waals surface area contributed by atoms with E-state index < -0.39 is 10.0 Å². The van der Waals surface area contributed by atoms with Crippen LogP contribution in [0.15, 0.2) is 45.3 Å². The Hall–Kier alpha value is -1.65. The molecule has 0 unspecified atom stereocenters. The van der Waals surface area contributed by atoms with Crippen LogP contribution in [0, 0.1) is 0 Å². The third kappa shape index (κ3) is 3.13. The number of anilines is 1. The highest BCUT2D eigenvalue weighted by atomic mass is 35.5. The van der Waals surface area contributed by atoms with Crippen LogP contribution in [0.25, 0.3) is 16.2 Å². The predicted octanol–water partition coefficient (Wildman–Crippen LogP) is 4.63. The molecule has 3 aromatic heterocycles. The topological polar surface area (TPSA) is 76.4 Å². The van der Waals surface area contributed by atoms with Gasteiger partial charge in [0.2, 0.25) is 4.96 Å². The molecule has 4 rings (SSSR count). The van der Waals surface area contributed by atoms with Crippen LogP contribution in [0.4, 0.5) is 5.95 Å². The number of nitrogens with one attached hydrogen (secondary N) is 1. The fraction of sp³-hybridized carbons (Fsp3) is 0. The van der Waals surface area contributed by atoms with E-state index in [9.17, 15) is 8.42 Å². The van der Waals surface area contributed by atoms with Crippen LogP contribution in [0.1, 0.15) is 0 Å². The van der Waals surface area contributed by atoms with E-state index >= 15 is 0 Å². The monoisotopic (exact) mass is 430 g/mol. The number of thiazole rings is 1. The summed E-state index contributed by atoms with van der Waals surface area (Å²) in [6, 6.07) is 8.29. The first-order valence-corrected chi connectivity index (χ1v) is 10.8. The van der Waals surface area contributed by atoms with E-state index in [4.69, 9.17) is 23.2 Å². The van der Waals surface area contributed by atoms with Crippen molar-refractivity contribution in [3.8, 4) is 11.3 Å². The molecule has 11 heteroatoms. The number of nitrogens with zero attached hydrogens (tertiary/aromatic N) is 3. The van der Waals surface area contributed by atoms with Crippen molar-refractivity contribution in [2.24, 2.45) is 0 Å².